The molecule has 5 nitrogen and oxygen atoms in total. The molecule has 1 N–H and O–H groups in total. The minimum Gasteiger partial charge on any atom is -0.379 e. The van der Waals surface area contributed by atoms with Crippen LogP contribution < -0.4 is 9.50 Å². The first-order valence-electron chi connectivity index (χ1n) is 8.02. The molecular weight excluding hydrogens is 369 g/mol. The molecule has 0 aliphatic rings. The molecule has 0 unspecified atom stereocenters. The van der Waals surface area contributed by atoms with Crippen molar-refractivity contribution in [1.29, 1.82) is 0 Å². The predicted octanol–water partition coefficient (Wildman–Crippen LogP) is 4.15. The second-order valence-corrected chi connectivity index (χ2v) is 7.31. The van der Waals surface area contributed by atoms with Gasteiger partial charge in [0.25, 0.3) is 5.91 Å². The third-order valence-electron chi connectivity index (χ3n) is 3.76. The predicted molar refractivity (Wildman–Crippen MR) is 99.8 cm³/mol. The van der Waals surface area contributed by atoms with E-state index in [1.54, 1.807) is 24.3 Å². The summed E-state index contributed by atoms with van der Waals surface area (Å²) in [5, 5.41) is 2.71. The number of hydrogen-bond donors (Lipinski definition) is 1. The van der Waals surface area contributed by atoms with Crippen LogP contribution in [-0.2, 0) is 10.1 Å². The Bertz CT molecular complexity index is 1060. The highest BCUT2D eigenvalue weighted by Gasteiger charge is 2.19. The molecule has 0 saturated carbocycles. The van der Waals surface area contributed by atoms with Crippen molar-refractivity contribution in [3.63, 3.8) is 0 Å². The number of halogens is 1. The van der Waals surface area contributed by atoms with Crippen LogP contribution in [0.5, 0.6) is 5.75 Å². The number of hydrogen-bond acceptors (Lipinski definition) is 4. The fourth-order valence-corrected chi connectivity index (χ4v) is 3.59. The van der Waals surface area contributed by atoms with Gasteiger partial charge in [0.15, 0.2) is 0 Å². The van der Waals surface area contributed by atoms with E-state index in [-0.39, 0.29) is 22.1 Å². The number of anilines is 1. The zero-order valence-corrected chi connectivity index (χ0v) is 15.2. The molecule has 0 atom stereocenters. The van der Waals surface area contributed by atoms with Gasteiger partial charge in [0.05, 0.1) is 0 Å². The van der Waals surface area contributed by atoms with Crippen molar-refractivity contribution < 1.29 is 21.8 Å². The smallest absolute Gasteiger partial charge is 0.339 e. The number of rotatable bonds is 5. The Kier molecular flexibility index (Phi) is 5.23. The summed E-state index contributed by atoms with van der Waals surface area (Å²) in [5.74, 6) is -0.722. The van der Waals surface area contributed by atoms with Crippen LogP contribution in [0.3, 0.4) is 0 Å². The molecule has 0 bridgehead atoms. The average Bonchev–Trinajstić information content (AvgIpc) is 2.63. The van der Waals surface area contributed by atoms with E-state index in [0.717, 1.165) is 18.2 Å². The Labute approximate surface area is 156 Å². The Hall–Kier alpha value is -3.19. The molecule has 3 aromatic carbocycles. The highest BCUT2D eigenvalue weighted by molar-refractivity contribution is 7.87. The molecule has 3 rings (SSSR count). The van der Waals surface area contributed by atoms with Gasteiger partial charge in [-0.05, 0) is 67.1 Å². The molecule has 0 radical (unpaired) electrons. The molecule has 138 valence electrons. The van der Waals surface area contributed by atoms with Crippen molar-refractivity contribution in [1.82, 2.24) is 0 Å². The summed E-state index contributed by atoms with van der Waals surface area (Å²) in [7, 11) is -4.09. The van der Waals surface area contributed by atoms with E-state index in [0.29, 0.717) is 11.3 Å². The summed E-state index contributed by atoms with van der Waals surface area (Å²) in [6.07, 6.45) is 0. The number of carbonyl (C=O) groups is 1. The quantitative estimate of drug-likeness (QED) is 0.670. The molecule has 0 aliphatic heterocycles. The molecule has 0 saturated heterocycles. The standard InChI is InChI=1S/C20H16FNO4S/c1-14-13-16(21)7-12-19(14)27(24,25)26-18-10-8-17(9-11-18)22-20(23)15-5-3-2-4-6-15/h2-13H,1H3,(H,22,23). The lowest BCUT2D eigenvalue weighted by Crippen LogP contribution is -2.12. The topological polar surface area (TPSA) is 72.5 Å². The number of aryl methyl sites for hydroxylation is 1. The molecule has 0 spiro atoms. The zero-order valence-electron chi connectivity index (χ0n) is 14.3. The van der Waals surface area contributed by atoms with E-state index >= 15 is 0 Å². The molecule has 0 aliphatic carbocycles. The van der Waals surface area contributed by atoms with Crippen LogP contribution in [0.1, 0.15) is 15.9 Å². The van der Waals surface area contributed by atoms with Crippen molar-refractivity contribution in [2.45, 2.75) is 11.8 Å². The number of nitrogens with one attached hydrogen (secondary N) is 1. The number of benzene rings is 3. The molecule has 0 aromatic heterocycles. The van der Waals surface area contributed by atoms with Gasteiger partial charge in [-0.1, -0.05) is 18.2 Å². The minimum atomic E-state index is -4.09. The average molecular weight is 385 g/mol. The first kappa shape index (κ1) is 18.6. The van der Waals surface area contributed by atoms with Crippen LogP contribution in [0, 0.1) is 12.7 Å². The van der Waals surface area contributed by atoms with Crippen LogP contribution in [0.2, 0.25) is 0 Å². The molecule has 27 heavy (non-hydrogen) atoms. The SMILES string of the molecule is Cc1cc(F)ccc1S(=O)(=O)Oc1ccc(NC(=O)c2ccccc2)cc1. The second-order valence-electron chi connectivity index (χ2n) is 5.79. The maximum Gasteiger partial charge on any atom is 0.339 e. The Morgan fingerprint density at radius 1 is 0.963 bits per heavy atom. The summed E-state index contributed by atoms with van der Waals surface area (Å²) in [4.78, 5) is 12.0. The monoisotopic (exact) mass is 385 g/mol. The van der Waals surface area contributed by atoms with Crippen molar-refractivity contribution in [3.05, 3.63) is 89.7 Å². The number of carbonyl (C=O) groups excluding carboxylic acids is 1. The first-order chi connectivity index (χ1) is 12.8. The van der Waals surface area contributed by atoms with Gasteiger partial charge in [0.2, 0.25) is 0 Å². The lowest BCUT2D eigenvalue weighted by molar-refractivity contribution is 0.102. The minimum absolute atomic E-state index is 0.0800. The fraction of sp³-hybridized carbons (Fsp3) is 0.0500. The number of amides is 1. The molecule has 1 amide bonds. The van der Waals surface area contributed by atoms with E-state index in [2.05, 4.69) is 5.32 Å². The summed E-state index contributed by atoms with van der Waals surface area (Å²) >= 11 is 0. The molecule has 0 heterocycles. The van der Waals surface area contributed by atoms with E-state index in [4.69, 9.17) is 4.18 Å². The maximum atomic E-state index is 13.2. The van der Waals surface area contributed by atoms with Crippen LogP contribution in [0.15, 0.2) is 77.7 Å². The van der Waals surface area contributed by atoms with E-state index in [1.807, 2.05) is 6.07 Å². The summed E-state index contributed by atoms with van der Waals surface area (Å²) < 4.78 is 43.0. The van der Waals surface area contributed by atoms with Crippen molar-refractivity contribution >= 4 is 21.7 Å². The summed E-state index contributed by atoms with van der Waals surface area (Å²) in [6.45, 7) is 1.49. The summed E-state index contributed by atoms with van der Waals surface area (Å²) in [6, 6.07) is 18.0. The van der Waals surface area contributed by atoms with Gasteiger partial charge in [-0.15, -0.1) is 0 Å². The van der Waals surface area contributed by atoms with Crippen molar-refractivity contribution in [2.75, 3.05) is 5.32 Å². The highest BCUT2D eigenvalue weighted by atomic mass is 32.2. The molecule has 3 aromatic rings. The Morgan fingerprint density at radius 3 is 2.26 bits per heavy atom. The Balaban J connectivity index is 1.73. The first-order valence-corrected chi connectivity index (χ1v) is 9.43. The fourth-order valence-electron chi connectivity index (χ4n) is 2.45. The van der Waals surface area contributed by atoms with E-state index in [9.17, 15) is 17.6 Å². The molecule has 0 fully saturated rings. The van der Waals surface area contributed by atoms with Crippen LogP contribution in [-0.4, -0.2) is 14.3 Å². The van der Waals surface area contributed by atoms with E-state index in [1.165, 1.54) is 31.2 Å². The van der Waals surface area contributed by atoms with E-state index < -0.39 is 15.9 Å². The van der Waals surface area contributed by atoms with Gasteiger partial charge in [0, 0.05) is 11.3 Å². The van der Waals surface area contributed by atoms with Gasteiger partial charge in [-0.2, -0.15) is 8.42 Å². The Morgan fingerprint density at radius 2 is 1.63 bits per heavy atom. The van der Waals surface area contributed by atoms with Crippen molar-refractivity contribution in [3.8, 4) is 5.75 Å². The maximum absolute atomic E-state index is 13.2. The lowest BCUT2D eigenvalue weighted by Gasteiger charge is -2.10. The summed E-state index contributed by atoms with van der Waals surface area (Å²) in [5.41, 5.74) is 1.25. The van der Waals surface area contributed by atoms with Gasteiger partial charge >= 0.3 is 10.1 Å². The van der Waals surface area contributed by atoms with Gasteiger partial charge in [0.1, 0.15) is 16.5 Å². The normalized spacial score (nSPS) is 11.0. The third-order valence-corrected chi connectivity index (χ3v) is 5.17. The highest BCUT2D eigenvalue weighted by Crippen LogP contribution is 2.23. The van der Waals surface area contributed by atoms with Gasteiger partial charge < -0.3 is 9.50 Å². The van der Waals surface area contributed by atoms with Crippen LogP contribution in [0.25, 0.3) is 0 Å². The van der Waals surface area contributed by atoms with Gasteiger partial charge in [-0.25, -0.2) is 4.39 Å². The third kappa shape index (κ3) is 4.51. The molecular formula is C20H16FNO4S. The zero-order chi connectivity index (χ0) is 19.4. The van der Waals surface area contributed by atoms with Crippen LogP contribution >= 0.6 is 0 Å². The lowest BCUT2D eigenvalue weighted by atomic mass is 10.2. The molecule has 7 heteroatoms. The largest absolute Gasteiger partial charge is 0.379 e. The van der Waals surface area contributed by atoms with Crippen molar-refractivity contribution in [2.24, 2.45) is 0 Å². The van der Waals surface area contributed by atoms with Crippen LogP contribution in [0.4, 0.5) is 10.1 Å². The second kappa shape index (κ2) is 7.59. The van der Waals surface area contributed by atoms with Gasteiger partial charge in [-0.3, -0.25) is 4.79 Å².